The molecule has 2 aromatic heterocycles. The molecule has 8 heteroatoms. The highest BCUT2D eigenvalue weighted by molar-refractivity contribution is 7.90. The summed E-state index contributed by atoms with van der Waals surface area (Å²) in [6.45, 7) is 0.483. The van der Waals surface area contributed by atoms with Gasteiger partial charge in [0.1, 0.15) is 5.52 Å². The first-order valence-corrected chi connectivity index (χ1v) is 11.5. The number of aromatic nitrogens is 3. The monoisotopic (exact) mass is 437 g/mol. The Labute approximate surface area is 177 Å². The van der Waals surface area contributed by atoms with Crippen LogP contribution in [0.15, 0.2) is 76.0 Å². The fourth-order valence-corrected chi connectivity index (χ4v) is 4.21. The number of fused-ring (bicyclic) bond motifs is 2. The first kappa shape index (κ1) is 18.8. The maximum absolute atomic E-state index is 11.7. The molecule has 0 aliphatic carbocycles. The standard InChI is InChI=1S/C22H16ClN3O3S/c1-30(27,28)16-9-6-14(7-10-16)13-26-19-5-3-2-4-17(19)21(25-26)22-24-18-11-8-15(23)12-20(18)29-22/h2-12H,13H2,1H3. The number of hydrogen-bond acceptors (Lipinski definition) is 5. The highest BCUT2D eigenvalue weighted by Crippen LogP contribution is 2.31. The minimum Gasteiger partial charge on any atom is -0.435 e. The number of hydrogen-bond donors (Lipinski definition) is 0. The van der Waals surface area contributed by atoms with Gasteiger partial charge >= 0.3 is 0 Å². The van der Waals surface area contributed by atoms with Crippen molar-refractivity contribution in [2.24, 2.45) is 0 Å². The van der Waals surface area contributed by atoms with Gasteiger partial charge in [-0.1, -0.05) is 41.9 Å². The normalized spacial score (nSPS) is 12.1. The molecule has 0 atom stereocenters. The van der Waals surface area contributed by atoms with Gasteiger partial charge in [0.2, 0.25) is 5.89 Å². The first-order chi connectivity index (χ1) is 14.4. The Kier molecular flexibility index (Phi) is 4.38. The van der Waals surface area contributed by atoms with E-state index in [9.17, 15) is 8.42 Å². The van der Waals surface area contributed by atoms with E-state index in [-0.39, 0.29) is 0 Å². The molecule has 0 bridgehead atoms. The Morgan fingerprint density at radius 3 is 2.57 bits per heavy atom. The first-order valence-electron chi connectivity index (χ1n) is 9.19. The molecule has 5 aromatic rings. The van der Waals surface area contributed by atoms with Crippen molar-refractivity contribution in [3.05, 3.63) is 77.3 Å². The highest BCUT2D eigenvalue weighted by atomic mass is 35.5. The van der Waals surface area contributed by atoms with Crippen molar-refractivity contribution in [1.29, 1.82) is 0 Å². The molecule has 0 aliphatic rings. The molecule has 30 heavy (non-hydrogen) atoms. The van der Waals surface area contributed by atoms with Crippen LogP contribution in [0.3, 0.4) is 0 Å². The van der Waals surface area contributed by atoms with Crippen LogP contribution in [-0.4, -0.2) is 29.4 Å². The van der Waals surface area contributed by atoms with Gasteiger partial charge in [0, 0.05) is 22.7 Å². The summed E-state index contributed by atoms with van der Waals surface area (Å²) in [7, 11) is -3.23. The van der Waals surface area contributed by atoms with Crippen LogP contribution in [0.5, 0.6) is 0 Å². The van der Waals surface area contributed by atoms with Crippen molar-refractivity contribution in [2.75, 3.05) is 6.26 Å². The molecule has 150 valence electrons. The molecule has 2 heterocycles. The van der Waals surface area contributed by atoms with Gasteiger partial charge in [-0.05, 0) is 35.9 Å². The molecule has 0 amide bonds. The number of rotatable bonds is 4. The molecule has 0 aliphatic heterocycles. The molecule has 0 radical (unpaired) electrons. The van der Waals surface area contributed by atoms with Crippen LogP contribution < -0.4 is 0 Å². The largest absolute Gasteiger partial charge is 0.435 e. The summed E-state index contributed by atoms with van der Waals surface area (Å²) in [5.41, 5.74) is 3.83. The van der Waals surface area contributed by atoms with Crippen molar-refractivity contribution in [1.82, 2.24) is 14.8 Å². The van der Waals surface area contributed by atoms with Gasteiger partial charge in [0.05, 0.1) is 17.0 Å². The molecule has 0 fully saturated rings. The van der Waals surface area contributed by atoms with E-state index in [1.54, 1.807) is 36.4 Å². The van der Waals surface area contributed by atoms with Crippen LogP contribution in [0.2, 0.25) is 5.02 Å². The van der Waals surface area contributed by atoms with Gasteiger partial charge in [-0.3, -0.25) is 4.68 Å². The van der Waals surface area contributed by atoms with Crippen molar-refractivity contribution >= 4 is 43.4 Å². The third-order valence-electron chi connectivity index (χ3n) is 4.89. The zero-order chi connectivity index (χ0) is 20.9. The van der Waals surface area contributed by atoms with E-state index in [4.69, 9.17) is 21.1 Å². The molecule has 0 N–H and O–H groups in total. The van der Waals surface area contributed by atoms with Crippen LogP contribution >= 0.6 is 11.6 Å². The second kappa shape index (κ2) is 6.97. The highest BCUT2D eigenvalue weighted by Gasteiger charge is 2.18. The SMILES string of the molecule is CS(=O)(=O)c1ccc(Cn2nc(-c3nc4ccc(Cl)cc4o3)c3ccccc32)cc1. The Morgan fingerprint density at radius 2 is 1.80 bits per heavy atom. The molecule has 0 saturated heterocycles. The molecular formula is C22H16ClN3O3S. The topological polar surface area (TPSA) is 78.0 Å². The number of nitrogens with zero attached hydrogens (tertiary/aromatic N) is 3. The lowest BCUT2D eigenvalue weighted by atomic mass is 10.2. The summed E-state index contributed by atoms with van der Waals surface area (Å²) < 4.78 is 31.2. The lowest BCUT2D eigenvalue weighted by molar-refractivity contribution is 0.601. The summed E-state index contributed by atoms with van der Waals surface area (Å²) in [4.78, 5) is 4.86. The molecular weight excluding hydrogens is 422 g/mol. The average molecular weight is 438 g/mol. The lowest BCUT2D eigenvalue weighted by Crippen LogP contribution is -2.03. The van der Waals surface area contributed by atoms with Gasteiger partial charge < -0.3 is 4.42 Å². The predicted octanol–water partition coefficient (Wildman–Crippen LogP) is 4.95. The summed E-state index contributed by atoms with van der Waals surface area (Å²) in [5, 5.41) is 6.25. The lowest BCUT2D eigenvalue weighted by Gasteiger charge is -2.05. The number of oxazole rings is 1. The molecule has 0 spiro atoms. The fourth-order valence-electron chi connectivity index (χ4n) is 3.42. The Bertz CT molecular complexity index is 1500. The van der Waals surface area contributed by atoms with Crippen LogP contribution in [0.25, 0.3) is 33.6 Å². The van der Waals surface area contributed by atoms with Crippen molar-refractivity contribution in [3.63, 3.8) is 0 Å². The van der Waals surface area contributed by atoms with E-state index in [0.717, 1.165) is 16.5 Å². The minimum absolute atomic E-state index is 0.294. The van der Waals surface area contributed by atoms with Gasteiger partial charge in [-0.25, -0.2) is 13.4 Å². The van der Waals surface area contributed by atoms with E-state index in [1.807, 2.05) is 35.0 Å². The second-order valence-electron chi connectivity index (χ2n) is 7.07. The van der Waals surface area contributed by atoms with Crippen LogP contribution in [-0.2, 0) is 16.4 Å². The number of sulfone groups is 1. The van der Waals surface area contributed by atoms with E-state index < -0.39 is 9.84 Å². The molecule has 0 unspecified atom stereocenters. The van der Waals surface area contributed by atoms with E-state index >= 15 is 0 Å². The Hall–Kier alpha value is -3.16. The van der Waals surface area contributed by atoms with Crippen molar-refractivity contribution in [2.45, 2.75) is 11.4 Å². The maximum atomic E-state index is 11.7. The van der Waals surface area contributed by atoms with Gasteiger partial charge in [0.15, 0.2) is 21.1 Å². The van der Waals surface area contributed by atoms with Crippen LogP contribution in [0.4, 0.5) is 0 Å². The van der Waals surface area contributed by atoms with Gasteiger partial charge in [-0.15, -0.1) is 0 Å². The number of para-hydroxylation sites is 1. The van der Waals surface area contributed by atoms with Crippen LogP contribution in [0.1, 0.15) is 5.56 Å². The van der Waals surface area contributed by atoms with E-state index in [2.05, 4.69) is 4.98 Å². The van der Waals surface area contributed by atoms with Crippen molar-refractivity contribution in [3.8, 4) is 11.6 Å². The quantitative estimate of drug-likeness (QED) is 0.397. The summed E-state index contributed by atoms with van der Waals surface area (Å²) in [6, 6.07) is 20.0. The van der Waals surface area contributed by atoms with E-state index in [0.29, 0.717) is 39.1 Å². The zero-order valence-electron chi connectivity index (χ0n) is 15.9. The average Bonchev–Trinajstić information content (AvgIpc) is 3.29. The Balaban J connectivity index is 1.58. The number of benzene rings is 3. The molecule has 5 rings (SSSR count). The maximum Gasteiger partial charge on any atom is 0.248 e. The summed E-state index contributed by atoms with van der Waals surface area (Å²) in [6.07, 6.45) is 1.20. The smallest absolute Gasteiger partial charge is 0.248 e. The van der Waals surface area contributed by atoms with Crippen molar-refractivity contribution < 1.29 is 12.8 Å². The van der Waals surface area contributed by atoms with Gasteiger partial charge in [0.25, 0.3) is 0 Å². The summed E-state index contributed by atoms with van der Waals surface area (Å²) in [5.74, 6) is 0.426. The molecule has 3 aromatic carbocycles. The van der Waals surface area contributed by atoms with Crippen LogP contribution in [0, 0.1) is 0 Å². The molecule has 6 nitrogen and oxygen atoms in total. The Morgan fingerprint density at radius 1 is 1.03 bits per heavy atom. The van der Waals surface area contributed by atoms with E-state index in [1.165, 1.54) is 6.26 Å². The molecule has 0 saturated carbocycles. The minimum atomic E-state index is -3.23. The predicted molar refractivity (Wildman–Crippen MR) is 116 cm³/mol. The van der Waals surface area contributed by atoms with Gasteiger partial charge in [-0.2, -0.15) is 5.10 Å². The second-order valence-corrected chi connectivity index (χ2v) is 9.52. The third-order valence-corrected chi connectivity index (χ3v) is 6.26. The third kappa shape index (κ3) is 3.36. The fraction of sp³-hybridized carbons (Fsp3) is 0.0909. The zero-order valence-corrected chi connectivity index (χ0v) is 17.5. The summed E-state index contributed by atoms with van der Waals surface area (Å²) >= 11 is 6.06. The number of halogens is 1.